The van der Waals surface area contributed by atoms with Crippen molar-refractivity contribution >= 4 is 28.2 Å². The van der Waals surface area contributed by atoms with Crippen LogP contribution >= 0.6 is 11.8 Å². The number of fused-ring (bicyclic) bond motifs is 5. The topological polar surface area (TPSA) is 70.0 Å². The van der Waals surface area contributed by atoms with Crippen molar-refractivity contribution in [1.29, 1.82) is 0 Å². The molecule has 0 spiro atoms. The number of aryl methyl sites for hydroxylation is 1. The van der Waals surface area contributed by atoms with Crippen LogP contribution in [0.15, 0.2) is 23.6 Å². The first-order valence-corrected chi connectivity index (χ1v) is 6.69. The van der Waals surface area contributed by atoms with E-state index in [0.29, 0.717) is 11.0 Å². The summed E-state index contributed by atoms with van der Waals surface area (Å²) in [6, 6.07) is 1.69. The zero-order chi connectivity index (χ0) is 12.1. The summed E-state index contributed by atoms with van der Waals surface area (Å²) in [5.74, 6) is 0.807. The number of thioether (sulfide) groups is 1. The van der Waals surface area contributed by atoms with Crippen molar-refractivity contribution < 1.29 is 9.79 Å². The van der Waals surface area contributed by atoms with Gasteiger partial charge in [-0.05, 0) is 29.3 Å². The van der Waals surface area contributed by atoms with E-state index in [9.17, 15) is 5.11 Å². The molecule has 0 N–H and O–H groups in total. The summed E-state index contributed by atoms with van der Waals surface area (Å²) in [5.41, 5.74) is 0.710. The molecule has 0 unspecified atom stereocenters. The van der Waals surface area contributed by atoms with E-state index < -0.39 is 0 Å². The fourth-order valence-corrected chi connectivity index (χ4v) is 3.21. The second kappa shape index (κ2) is 3.55. The summed E-state index contributed by atoms with van der Waals surface area (Å²) < 4.78 is 3.57. The minimum Gasteiger partial charge on any atom is -0.856 e. The van der Waals surface area contributed by atoms with E-state index in [0.717, 1.165) is 29.3 Å². The molecule has 0 saturated heterocycles. The van der Waals surface area contributed by atoms with E-state index in [4.69, 9.17) is 0 Å². The van der Waals surface area contributed by atoms with Crippen molar-refractivity contribution in [2.24, 2.45) is 0 Å². The summed E-state index contributed by atoms with van der Waals surface area (Å²) in [4.78, 5) is 4.07. The van der Waals surface area contributed by atoms with Crippen LogP contribution in [0.4, 0.5) is 0 Å². The summed E-state index contributed by atoms with van der Waals surface area (Å²) in [6.07, 6.45) is 4.37. The van der Waals surface area contributed by atoms with E-state index in [1.54, 1.807) is 34.7 Å². The van der Waals surface area contributed by atoms with Gasteiger partial charge in [0.25, 0.3) is 5.65 Å². The van der Waals surface area contributed by atoms with Crippen molar-refractivity contribution in [3.05, 3.63) is 18.5 Å². The van der Waals surface area contributed by atoms with Crippen molar-refractivity contribution in [2.75, 3.05) is 5.75 Å². The Labute approximate surface area is 106 Å². The Morgan fingerprint density at radius 2 is 2.33 bits per heavy atom. The van der Waals surface area contributed by atoms with Gasteiger partial charge in [0.15, 0.2) is 0 Å². The SMILES string of the molecule is [O-]c1nn2c3[n+](nc2c2cnccc12)CCCS3. The van der Waals surface area contributed by atoms with Gasteiger partial charge in [0.2, 0.25) is 0 Å². The van der Waals surface area contributed by atoms with E-state index in [2.05, 4.69) is 15.2 Å². The van der Waals surface area contributed by atoms with Crippen LogP contribution in [-0.2, 0) is 6.54 Å². The molecule has 0 bridgehead atoms. The van der Waals surface area contributed by atoms with Gasteiger partial charge in [-0.25, -0.2) is 0 Å². The Kier molecular flexibility index (Phi) is 1.99. The number of pyridine rings is 1. The average Bonchev–Trinajstić information content (AvgIpc) is 2.78. The molecule has 1 aliphatic rings. The predicted octanol–water partition coefficient (Wildman–Crippen LogP) is 0.134. The van der Waals surface area contributed by atoms with Gasteiger partial charge in [0.1, 0.15) is 6.54 Å². The lowest BCUT2D eigenvalue weighted by Gasteiger charge is -2.06. The van der Waals surface area contributed by atoms with Crippen LogP contribution < -0.4 is 9.79 Å². The van der Waals surface area contributed by atoms with Gasteiger partial charge in [0, 0.05) is 29.4 Å². The zero-order valence-corrected chi connectivity index (χ0v) is 10.2. The lowest BCUT2D eigenvalue weighted by molar-refractivity contribution is -0.786. The number of hydrogen-bond acceptors (Lipinski definition) is 5. The van der Waals surface area contributed by atoms with Crippen LogP contribution in [-0.4, -0.2) is 25.4 Å². The fourth-order valence-electron chi connectivity index (χ4n) is 2.22. The molecule has 0 amide bonds. The predicted molar refractivity (Wildman–Crippen MR) is 63.3 cm³/mol. The van der Waals surface area contributed by atoms with Gasteiger partial charge in [-0.2, -0.15) is 0 Å². The molecule has 3 aromatic rings. The highest BCUT2D eigenvalue weighted by atomic mass is 32.2. The molecule has 3 aromatic heterocycles. The number of aromatic nitrogens is 5. The molecule has 6 nitrogen and oxygen atoms in total. The first-order valence-electron chi connectivity index (χ1n) is 5.71. The molecule has 0 atom stereocenters. The van der Waals surface area contributed by atoms with Crippen LogP contribution in [0.1, 0.15) is 6.42 Å². The van der Waals surface area contributed by atoms with Crippen molar-refractivity contribution in [3.63, 3.8) is 0 Å². The molecular formula is C11H9N5OS. The summed E-state index contributed by atoms with van der Waals surface area (Å²) in [6.45, 7) is 0.877. The number of hydrogen-bond donors (Lipinski definition) is 0. The van der Waals surface area contributed by atoms with Gasteiger partial charge in [0.05, 0.1) is 5.39 Å². The molecular weight excluding hydrogens is 250 g/mol. The third kappa shape index (κ3) is 1.25. The van der Waals surface area contributed by atoms with Gasteiger partial charge < -0.3 is 5.11 Å². The fraction of sp³-hybridized carbons (Fsp3) is 0.273. The smallest absolute Gasteiger partial charge is 0.366 e. The number of rotatable bonds is 0. The Hall–Kier alpha value is -1.89. The maximum atomic E-state index is 12.0. The molecule has 18 heavy (non-hydrogen) atoms. The van der Waals surface area contributed by atoms with Gasteiger partial charge in [-0.15, -0.1) is 4.68 Å². The number of nitrogens with zero attached hydrogens (tertiary/aromatic N) is 5. The van der Waals surface area contributed by atoms with Crippen LogP contribution in [0, 0.1) is 0 Å². The Morgan fingerprint density at radius 1 is 1.39 bits per heavy atom. The second-order valence-corrected chi connectivity index (χ2v) is 5.23. The van der Waals surface area contributed by atoms with Crippen LogP contribution in [0.25, 0.3) is 16.4 Å². The molecule has 4 rings (SSSR count). The standard InChI is InChI=1S/C11H9N5OS/c17-10-7-2-3-12-6-8(7)9-13-15-4-1-5-18-11(15)16(9)14-10/h2-3,6H,1,4-5H2. The van der Waals surface area contributed by atoms with Crippen LogP contribution in [0.3, 0.4) is 0 Å². The lowest BCUT2D eigenvalue weighted by Crippen LogP contribution is -2.40. The highest BCUT2D eigenvalue weighted by Crippen LogP contribution is 2.26. The van der Waals surface area contributed by atoms with Crippen LogP contribution in [0.2, 0.25) is 0 Å². The van der Waals surface area contributed by atoms with Crippen molar-refractivity contribution in [2.45, 2.75) is 18.1 Å². The Bertz CT molecular complexity index is 769. The van der Waals surface area contributed by atoms with Crippen LogP contribution in [0.5, 0.6) is 5.88 Å². The molecule has 0 aromatic carbocycles. The summed E-state index contributed by atoms with van der Waals surface area (Å²) >= 11 is 1.68. The molecule has 90 valence electrons. The summed E-state index contributed by atoms with van der Waals surface area (Å²) in [7, 11) is 0. The third-order valence-electron chi connectivity index (χ3n) is 3.05. The maximum absolute atomic E-state index is 12.0. The van der Waals surface area contributed by atoms with E-state index in [1.807, 2.05) is 4.68 Å². The third-order valence-corrected chi connectivity index (χ3v) is 4.18. The largest absolute Gasteiger partial charge is 0.856 e. The van der Waals surface area contributed by atoms with E-state index in [1.165, 1.54) is 0 Å². The minimum absolute atomic E-state index is 0.230. The highest BCUT2D eigenvalue weighted by Gasteiger charge is 2.27. The monoisotopic (exact) mass is 259 g/mol. The van der Waals surface area contributed by atoms with E-state index in [-0.39, 0.29) is 5.88 Å². The average molecular weight is 259 g/mol. The molecule has 7 heteroatoms. The maximum Gasteiger partial charge on any atom is 0.366 e. The van der Waals surface area contributed by atoms with Crippen molar-refractivity contribution in [3.8, 4) is 5.88 Å². The quantitative estimate of drug-likeness (QED) is 0.537. The molecule has 0 aliphatic carbocycles. The summed E-state index contributed by atoms with van der Waals surface area (Å²) in [5, 5.41) is 22.9. The minimum atomic E-state index is -0.230. The Morgan fingerprint density at radius 3 is 3.28 bits per heavy atom. The first-order chi connectivity index (χ1) is 8.84. The molecule has 0 fully saturated rings. The lowest BCUT2D eigenvalue weighted by atomic mass is 10.2. The molecule has 1 aliphatic heterocycles. The van der Waals surface area contributed by atoms with Gasteiger partial charge >= 0.3 is 5.16 Å². The second-order valence-electron chi connectivity index (χ2n) is 4.17. The normalized spacial score (nSPS) is 15.1. The van der Waals surface area contributed by atoms with Gasteiger partial charge in [-0.3, -0.25) is 4.98 Å². The zero-order valence-electron chi connectivity index (χ0n) is 9.41. The van der Waals surface area contributed by atoms with Crippen molar-refractivity contribution in [1.82, 2.24) is 19.7 Å². The van der Waals surface area contributed by atoms with E-state index >= 15 is 0 Å². The Balaban J connectivity index is 2.20. The van der Waals surface area contributed by atoms with Gasteiger partial charge in [-0.1, -0.05) is 9.61 Å². The highest BCUT2D eigenvalue weighted by molar-refractivity contribution is 7.99. The molecule has 0 radical (unpaired) electrons. The first kappa shape index (κ1) is 10.1. The molecule has 4 heterocycles. The molecule has 0 saturated carbocycles.